The van der Waals surface area contributed by atoms with E-state index in [1.54, 1.807) is 6.92 Å². The molecule has 0 aliphatic heterocycles. The number of amides is 3. The number of carboxylic acids is 1. The molecule has 160 valence electrons. The Balaban J connectivity index is 5.06. The maximum atomic E-state index is 12.6. The normalized spacial score (nSPS) is 14.8. The first kappa shape index (κ1) is 25.1. The second-order valence-corrected chi connectivity index (χ2v) is 6.50. The number of nitrogens with one attached hydrogen (secondary N) is 2. The molecule has 0 heterocycles. The van der Waals surface area contributed by atoms with E-state index < -0.39 is 41.8 Å². The Hall–Kier alpha value is -2.89. The molecular weight excluding hydrogens is 370 g/mol. The quantitative estimate of drug-likeness (QED) is 0.0975. The zero-order valence-electron chi connectivity index (χ0n) is 16.2. The summed E-state index contributed by atoms with van der Waals surface area (Å²) in [5.74, 6) is -3.78. The van der Waals surface area contributed by atoms with Crippen molar-refractivity contribution in [1.29, 1.82) is 0 Å². The van der Waals surface area contributed by atoms with Gasteiger partial charge in [-0.3, -0.25) is 19.4 Å². The molecule has 0 rings (SSSR count). The lowest BCUT2D eigenvalue weighted by molar-refractivity contribution is -0.142. The van der Waals surface area contributed by atoms with Gasteiger partial charge in [-0.25, -0.2) is 4.79 Å². The Kier molecular flexibility index (Phi) is 11.2. The van der Waals surface area contributed by atoms with Crippen LogP contribution >= 0.6 is 0 Å². The molecule has 0 spiro atoms. The lowest BCUT2D eigenvalue weighted by Gasteiger charge is -2.26. The molecular formula is C16H31N7O5. The van der Waals surface area contributed by atoms with E-state index in [0.717, 1.165) is 0 Å². The van der Waals surface area contributed by atoms with Crippen LogP contribution in [0.2, 0.25) is 0 Å². The molecule has 0 radical (unpaired) electrons. The number of hydrogen-bond acceptors (Lipinski definition) is 6. The molecule has 12 nitrogen and oxygen atoms in total. The Labute approximate surface area is 163 Å². The van der Waals surface area contributed by atoms with Gasteiger partial charge in [-0.05, 0) is 18.8 Å². The zero-order valence-corrected chi connectivity index (χ0v) is 16.2. The predicted molar refractivity (Wildman–Crippen MR) is 103 cm³/mol. The number of nitrogens with two attached hydrogens (primary N) is 4. The van der Waals surface area contributed by atoms with Crippen LogP contribution in [0.25, 0.3) is 0 Å². The molecule has 0 bridgehead atoms. The van der Waals surface area contributed by atoms with Crippen LogP contribution in [0.4, 0.5) is 0 Å². The lowest BCUT2D eigenvalue weighted by atomic mass is 9.97. The molecule has 0 saturated carbocycles. The van der Waals surface area contributed by atoms with Gasteiger partial charge < -0.3 is 38.7 Å². The van der Waals surface area contributed by atoms with Crippen molar-refractivity contribution in [3.05, 3.63) is 0 Å². The summed E-state index contributed by atoms with van der Waals surface area (Å²) in [5.41, 5.74) is 21.0. The van der Waals surface area contributed by atoms with Crippen LogP contribution in [0.15, 0.2) is 4.99 Å². The molecule has 11 N–H and O–H groups in total. The fraction of sp³-hybridized carbons (Fsp3) is 0.688. The number of carbonyl (C=O) groups excluding carboxylic acids is 3. The van der Waals surface area contributed by atoms with Crippen molar-refractivity contribution in [3.63, 3.8) is 0 Å². The van der Waals surface area contributed by atoms with Gasteiger partial charge in [0.2, 0.25) is 17.7 Å². The van der Waals surface area contributed by atoms with E-state index in [-0.39, 0.29) is 31.3 Å². The van der Waals surface area contributed by atoms with Gasteiger partial charge in [-0.2, -0.15) is 0 Å². The Morgan fingerprint density at radius 1 is 1.07 bits per heavy atom. The van der Waals surface area contributed by atoms with Gasteiger partial charge in [0.05, 0.1) is 12.5 Å². The number of aliphatic imine (C=N–C) groups is 1. The molecule has 3 amide bonds. The molecule has 4 atom stereocenters. The average molecular weight is 401 g/mol. The highest BCUT2D eigenvalue weighted by Crippen LogP contribution is 2.10. The average Bonchev–Trinajstić information content (AvgIpc) is 2.59. The molecule has 0 fully saturated rings. The van der Waals surface area contributed by atoms with Gasteiger partial charge in [-0.1, -0.05) is 20.3 Å². The Morgan fingerprint density at radius 2 is 1.68 bits per heavy atom. The number of guanidine groups is 1. The molecule has 0 saturated heterocycles. The fourth-order valence-electron chi connectivity index (χ4n) is 2.29. The van der Waals surface area contributed by atoms with Crippen molar-refractivity contribution in [2.75, 3.05) is 6.54 Å². The van der Waals surface area contributed by atoms with Crippen LogP contribution in [0.3, 0.4) is 0 Å². The number of aliphatic carboxylic acids is 1. The molecule has 0 aliphatic rings. The van der Waals surface area contributed by atoms with Crippen LogP contribution < -0.4 is 33.6 Å². The summed E-state index contributed by atoms with van der Waals surface area (Å²) in [6, 6.07) is -3.40. The second kappa shape index (κ2) is 12.5. The molecule has 0 aromatic carbocycles. The van der Waals surface area contributed by atoms with E-state index in [2.05, 4.69) is 15.6 Å². The highest BCUT2D eigenvalue weighted by Gasteiger charge is 2.31. The van der Waals surface area contributed by atoms with E-state index in [4.69, 9.17) is 22.9 Å². The van der Waals surface area contributed by atoms with Crippen molar-refractivity contribution in [3.8, 4) is 0 Å². The van der Waals surface area contributed by atoms with Crippen LogP contribution in [-0.2, 0) is 19.2 Å². The van der Waals surface area contributed by atoms with Gasteiger partial charge in [0.15, 0.2) is 5.96 Å². The van der Waals surface area contributed by atoms with Crippen molar-refractivity contribution < 1.29 is 24.3 Å². The minimum Gasteiger partial charge on any atom is -0.480 e. The van der Waals surface area contributed by atoms with E-state index in [1.165, 1.54) is 0 Å². The van der Waals surface area contributed by atoms with Crippen molar-refractivity contribution >= 4 is 29.7 Å². The molecule has 0 aliphatic carbocycles. The second-order valence-electron chi connectivity index (χ2n) is 6.50. The third-order valence-electron chi connectivity index (χ3n) is 4.11. The highest BCUT2D eigenvalue weighted by molar-refractivity contribution is 5.93. The summed E-state index contributed by atoms with van der Waals surface area (Å²) in [7, 11) is 0. The first-order valence-corrected chi connectivity index (χ1v) is 8.92. The number of carboxylic acid groups (broad SMARTS) is 1. The summed E-state index contributed by atoms with van der Waals surface area (Å²) in [5, 5.41) is 14.2. The Bertz CT molecular complexity index is 592. The maximum Gasteiger partial charge on any atom is 0.326 e. The van der Waals surface area contributed by atoms with Gasteiger partial charge >= 0.3 is 5.97 Å². The standard InChI is InChI=1S/C16H31N7O5/c1-3-8(2)12(23-13(25)9(17)7-11(18)24)14(26)22-10(15(27)28)5-4-6-21-16(19)20/h8-10,12H,3-7,17H2,1-2H3,(H2,18,24)(H,22,26)(H,23,25)(H,27,28)(H4,19,20,21)/t8-,9-,10-,12-/m0/s1. The minimum atomic E-state index is -1.22. The van der Waals surface area contributed by atoms with E-state index in [9.17, 15) is 24.3 Å². The first-order chi connectivity index (χ1) is 13.0. The largest absolute Gasteiger partial charge is 0.480 e. The van der Waals surface area contributed by atoms with Crippen molar-refractivity contribution in [1.82, 2.24) is 10.6 Å². The summed E-state index contributed by atoms with van der Waals surface area (Å²) in [4.78, 5) is 50.8. The topological polar surface area (TPSA) is 229 Å². The molecule has 0 aromatic heterocycles. The van der Waals surface area contributed by atoms with Crippen molar-refractivity contribution in [2.24, 2.45) is 33.8 Å². The predicted octanol–water partition coefficient (Wildman–Crippen LogP) is -2.66. The zero-order chi connectivity index (χ0) is 21.9. The third kappa shape index (κ3) is 9.71. The first-order valence-electron chi connectivity index (χ1n) is 8.92. The monoisotopic (exact) mass is 401 g/mol. The summed E-state index contributed by atoms with van der Waals surface area (Å²) in [6.07, 6.45) is 0.591. The van der Waals surface area contributed by atoms with E-state index in [1.807, 2.05) is 6.92 Å². The SMILES string of the molecule is CC[C@H](C)[C@H](NC(=O)[C@@H](N)CC(N)=O)C(=O)N[C@@H](CCCN=C(N)N)C(=O)O. The van der Waals surface area contributed by atoms with Crippen LogP contribution in [0.5, 0.6) is 0 Å². The van der Waals surface area contributed by atoms with Crippen LogP contribution in [0.1, 0.15) is 39.5 Å². The Morgan fingerprint density at radius 3 is 2.14 bits per heavy atom. The third-order valence-corrected chi connectivity index (χ3v) is 4.11. The van der Waals surface area contributed by atoms with E-state index in [0.29, 0.717) is 12.8 Å². The summed E-state index contributed by atoms with van der Waals surface area (Å²) < 4.78 is 0. The van der Waals surface area contributed by atoms with Gasteiger partial charge in [0.25, 0.3) is 0 Å². The fourth-order valence-corrected chi connectivity index (χ4v) is 2.29. The summed E-state index contributed by atoms with van der Waals surface area (Å²) >= 11 is 0. The van der Waals surface area contributed by atoms with Crippen LogP contribution in [0, 0.1) is 5.92 Å². The number of nitrogens with zero attached hydrogens (tertiary/aromatic N) is 1. The van der Waals surface area contributed by atoms with E-state index >= 15 is 0 Å². The molecule has 12 heteroatoms. The van der Waals surface area contributed by atoms with Crippen LogP contribution in [-0.4, -0.2) is 59.4 Å². The molecule has 0 aromatic rings. The van der Waals surface area contributed by atoms with Crippen molar-refractivity contribution in [2.45, 2.75) is 57.7 Å². The number of carbonyl (C=O) groups is 4. The number of hydrogen-bond donors (Lipinski definition) is 7. The van der Waals surface area contributed by atoms with Gasteiger partial charge in [0, 0.05) is 6.54 Å². The maximum absolute atomic E-state index is 12.6. The number of rotatable bonds is 13. The number of primary amides is 1. The molecule has 0 unspecified atom stereocenters. The summed E-state index contributed by atoms with van der Waals surface area (Å²) in [6.45, 7) is 3.75. The molecule has 28 heavy (non-hydrogen) atoms. The lowest BCUT2D eigenvalue weighted by Crippen LogP contribution is -2.57. The van der Waals surface area contributed by atoms with Gasteiger partial charge in [-0.15, -0.1) is 0 Å². The van der Waals surface area contributed by atoms with Gasteiger partial charge in [0.1, 0.15) is 12.1 Å². The minimum absolute atomic E-state index is 0.0974. The highest BCUT2D eigenvalue weighted by atomic mass is 16.4. The smallest absolute Gasteiger partial charge is 0.326 e.